The Morgan fingerprint density at radius 3 is 2.50 bits per heavy atom. The fourth-order valence-corrected chi connectivity index (χ4v) is 4.84. The van der Waals surface area contributed by atoms with Crippen LogP contribution >= 0.6 is 11.3 Å². The number of carbonyl (C=O) groups excluding carboxylic acids is 1. The van der Waals surface area contributed by atoms with Gasteiger partial charge >= 0.3 is 5.97 Å². The molecule has 1 N–H and O–H groups in total. The maximum Gasteiger partial charge on any atom is 0.348 e. The minimum atomic E-state index is -0.439. The van der Waals surface area contributed by atoms with Crippen molar-refractivity contribution in [3.05, 3.63) is 50.9 Å². The molecule has 3 aromatic rings. The van der Waals surface area contributed by atoms with Crippen LogP contribution in [0.3, 0.4) is 0 Å². The predicted octanol–water partition coefficient (Wildman–Crippen LogP) is 2.41. The summed E-state index contributed by atoms with van der Waals surface area (Å²) in [6.45, 7) is 5.83. The maximum atomic E-state index is 12.6. The Morgan fingerprint density at radius 2 is 1.87 bits per heavy atom. The molecule has 0 aliphatic carbocycles. The van der Waals surface area contributed by atoms with Gasteiger partial charge < -0.3 is 19.4 Å². The van der Waals surface area contributed by atoms with Crippen LogP contribution in [0.15, 0.2) is 29.1 Å². The number of hydrogen-bond acceptors (Lipinski definition) is 8. The van der Waals surface area contributed by atoms with Crippen LogP contribution in [0.2, 0.25) is 0 Å². The lowest BCUT2D eigenvalue weighted by atomic mass is 10.2. The number of carbonyl (C=O) groups is 1. The summed E-state index contributed by atoms with van der Waals surface area (Å²) >= 11 is 1.20. The summed E-state index contributed by atoms with van der Waals surface area (Å²) in [5.74, 6) is 1.02. The van der Waals surface area contributed by atoms with E-state index in [9.17, 15) is 9.59 Å². The topological polar surface area (TPSA) is 87.8 Å². The lowest BCUT2D eigenvalue weighted by molar-refractivity contribution is 0.0605. The van der Waals surface area contributed by atoms with Crippen LogP contribution in [0.5, 0.6) is 5.75 Å². The predicted molar refractivity (Wildman–Crippen MR) is 117 cm³/mol. The summed E-state index contributed by atoms with van der Waals surface area (Å²) in [7, 11) is 3.00. The van der Waals surface area contributed by atoms with Gasteiger partial charge in [0.05, 0.1) is 26.2 Å². The first-order valence-corrected chi connectivity index (χ1v) is 10.5. The molecule has 9 heteroatoms. The van der Waals surface area contributed by atoms with Crippen LogP contribution in [-0.4, -0.2) is 61.2 Å². The normalized spacial score (nSPS) is 14.8. The standard InChI is InChI=1S/C21H24N4O4S/c1-13-17-19(26)22-16(23-20(17)30-18(13)21(27)29-3)12-24-8-10-25(11-9-24)14-4-6-15(28-2)7-5-14/h4-7H,8-12H2,1-3H3,(H,22,23,26). The van der Waals surface area contributed by atoms with E-state index in [-0.39, 0.29) is 5.56 Å². The van der Waals surface area contributed by atoms with Crippen molar-refractivity contribution in [1.29, 1.82) is 0 Å². The van der Waals surface area contributed by atoms with Crippen LogP contribution in [0.25, 0.3) is 10.2 Å². The molecule has 0 amide bonds. The van der Waals surface area contributed by atoms with Gasteiger partial charge in [-0.1, -0.05) is 0 Å². The molecule has 1 fully saturated rings. The molecule has 3 heterocycles. The second-order valence-electron chi connectivity index (χ2n) is 7.20. The molecular weight excluding hydrogens is 404 g/mol. The fourth-order valence-electron chi connectivity index (χ4n) is 3.72. The average Bonchev–Trinajstić information content (AvgIpc) is 3.10. The number of H-pyrrole nitrogens is 1. The number of aromatic nitrogens is 2. The number of methoxy groups -OCH3 is 2. The molecule has 158 valence electrons. The number of aromatic amines is 1. The Morgan fingerprint density at radius 1 is 1.17 bits per heavy atom. The molecule has 0 radical (unpaired) electrons. The Hall–Kier alpha value is -2.91. The first kappa shape index (κ1) is 20.4. The molecule has 2 aromatic heterocycles. The molecule has 0 saturated carbocycles. The van der Waals surface area contributed by atoms with Crippen molar-refractivity contribution in [2.45, 2.75) is 13.5 Å². The Labute approximate surface area is 178 Å². The number of esters is 1. The second kappa shape index (κ2) is 8.45. The van der Waals surface area contributed by atoms with E-state index < -0.39 is 5.97 Å². The SMILES string of the molecule is COC(=O)c1sc2nc(CN3CCN(c4ccc(OC)cc4)CC3)[nH]c(=O)c2c1C. The third-order valence-electron chi connectivity index (χ3n) is 5.40. The van der Waals surface area contributed by atoms with E-state index in [1.807, 2.05) is 12.1 Å². The van der Waals surface area contributed by atoms with Crippen molar-refractivity contribution in [2.24, 2.45) is 0 Å². The second-order valence-corrected chi connectivity index (χ2v) is 8.20. The van der Waals surface area contributed by atoms with Gasteiger partial charge in [-0.15, -0.1) is 11.3 Å². The van der Waals surface area contributed by atoms with Gasteiger partial charge in [-0.3, -0.25) is 9.69 Å². The minimum Gasteiger partial charge on any atom is -0.497 e. The lowest BCUT2D eigenvalue weighted by Crippen LogP contribution is -2.46. The zero-order valence-corrected chi connectivity index (χ0v) is 18.0. The summed E-state index contributed by atoms with van der Waals surface area (Å²) in [6, 6.07) is 8.08. The van der Waals surface area contributed by atoms with Crippen LogP contribution in [0.1, 0.15) is 21.1 Å². The van der Waals surface area contributed by atoms with Gasteiger partial charge in [-0.2, -0.15) is 0 Å². The monoisotopic (exact) mass is 428 g/mol. The van der Waals surface area contributed by atoms with Crippen molar-refractivity contribution in [1.82, 2.24) is 14.9 Å². The summed E-state index contributed by atoms with van der Waals surface area (Å²) in [5, 5.41) is 0.466. The van der Waals surface area contributed by atoms with Gasteiger partial charge in [0.25, 0.3) is 5.56 Å². The van der Waals surface area contributed by atoms with E-state index >= 15 is 0 Å². The van der Waals surface area contributed by atoms with Gasteiger partial charge in [-0.05, 0) is 36.8 Å². The van der Waals surface area contributed by atoms with Gasteiger partial charge in [0.15, 0.2) is 0 Å². The molecule has 1 aromatic carbocycles. The molecule has 0 bridgehead atoms. The number of nitrogens with zero attached hydrogens (tertiary/aromatic N) is 3. The molecule has 0 atom stereocenters. The van der Waals surface area contributed by atoms with E-state index in [4.69, 9.17) is 9.47 Å². The third-order valence-corrected chi connectivity index (χ3v) is 6.57. The van der Waals surface area contributed by atoms with Gasteiger partial charge in [0.2, 0.25) is 0 Å². The zero-order valence-electron chi connectivity index (χ0n) is 17.2. The Kier molecular flexibility index (Phi) is 5.74. The number of piperazine rings is 1. The lowest BCUT2D eigenvalue weighted by Gasteiger charge is -2.35. The van der Waals surface area contributed by atoms with Crippen molar-refractivity contribution < 1.29 is 14.3 Å². The summed E-state index contributed by atoms with van der Waals surface area (Å²) < 4.78 is 10.0. The van der Waals surface area contributed by atoms with Crippen molar-refractivity contribution in [2.75, 3.05) is 45.3 Å². The van der Waals surface area contributed by atoms with E-state index in [1.54, 1.807) is 14.0 Å². The van der Waals surface area contributed by atoms with E-state index in [1.165, 1.54) is 24.1 Å². The number of aryl methyl sites for hydroxylation is 1. The van der Waals surface area contributed by atoms with Crippen molar-refractivity contribution >= 4 is 33.2 Å². The van der Waals surface area contributed by atoms with Gasteiger partial charge in [-0.25, -0.2) is 9.78 Å². The maximum absolute atomic E-state index is 12.6. The first-order valence-electron chi connectivity index (χ1n) is 9.72. The molecule has 30 heavy (non-hydrogen) atoms. The first-order chi connectivity index (χ1) is 14.5. The highest BCUT2D eigenvalue weighted by Crippen LogP contribution is 2.27. The fraction of sp³-hybridized carbons (Fsp3) is 0.381. The summed E-state index contributed by atoms with van der Waals surface area (Å²) in [6.07, 6.45) is 0. The molecule has 8 nitrogen and oxygen atoms in total. The van der Waals surface area contributed by atoms with Gasteiger partial charge in [0, 0.05) is 31.9 Å². The summed E-state index contributed by atoms with van der Waals surface area (Å²) in [4.78, 5) is 37.6. The molecule has 1 aliphatic heterocycles. The number of ether oxygens (including phenoxy) is 2. The third kappa shape index (κ3) is 3.90. The average molecular weight is 429 g/mol. The molecule has 0 unspecified atom stereocenters. The van der Waals surface area contributed by atoms with Crippen LogP contribution in [0, 0.1) is 6.92 Å². The van der Waals surface area contributed by atoms with E-state index in [0.29, 0.717) is 33.0 Å². The number of rotatable bonds is 5. The number of nitrogens with one attached hydrogen (secondary N) is 1. The molecule has 0 spiro atoms. The largest absolute Gasteiger partial charge is 0.497 e. The number of anilines is 1. The summed E-state index contributed by atoms with van der Waals surface area (Å²) in [5.41, 5.74) is 1.58. The van der Waals surface area contributed by atoms with Crippen LogP contribution < -0.4 is 15.2 Å². The molecule has 1 saturated heterocycles. The quantitative estimate of drug-likeness (QED) is 0.625. The van der Waals surface area contributed by atoms with Gasteiger partial charge in [0.1, 0.15) is 21.3 Å². The Bertz CT molecular complexity index is 1110. The highest BCUT2D eigenvalue weighted by atomic mass is 32.1. The molecular formula is C21H24N4O4S. The minimum absolute atomic E-state index is 0.212. The zero-order chi connectivity index (χ0) is 21.3. The van der Waals surface area contributed by atoms with Crippen molar-refractivity contribution in [3.8, 4) is 5.75 Å². The smallest absolute Gasteiger partial charge is 0.348 e. The highest BCUT2D eigenvalue weighted by molar-refractivity contribution is 7.20. The van der Waals surface area contributed by atoms with E-state index in [2.05, 4.69) is 31.9 Å². The highest BCUT2D eigenvalue weighted by Gasteiger charge is 2.22. The van der Waals surface area contributed by atoms with Crippen molar-refractivity contribution in [3.63, 3.8) is 0 Å². The molecule has 1 aliphatic rings. The van der Waals surface area contributed by atoms with E-state index in [0.717, 1.165) is 31.9 Å². The van der Waals surface area contributed by atoms with Crippen LogP contribution in [0.4, 0.5) is 5.69 Å². The number of benzene rings is 1. The number of thiophene rings is 1. The molecule has 4 rings (SSSR count). The number of fused-ring (bicyclic) bond motifs is 1. The Balaban J connectivity index is 1.46. The number of hydrogen-bond donors (Lipinski definition) is 1. The van der Waals surface area contributed by atoms with Crippen LogP contribution in [-0.2, 0) is 11.3 Å².